The van der Waals surface area contributed by atoms with E-state index in [0.29, 0.717) is 0 Å². The van der Waals surface area contributed by atoms with Crippen LogP contribution in [-0.4, -0.2) is 9.13 Å². The van der Waals surface area contributed by atoms with E-state index in [1.54, 1.807) is 0 Å². The fourth-order valence-corrected chi connectivity index (χ4v) is 20.5. The van der Waals surface area contributed by atoms with E-state index in [0.717, 1.165) is 89.1 Å². The van der Waals surface area contributed by atoms with Gasteiger partial charge >= 0.3 is 0 Å². The van der Waals surface area contributed by atoms with E-state index in [1.807, 2.05) is 24.3 Å². The van der Waals surface area contributed by atoms with E-state index in [-0.39, 0.29) is 10.8 Å². The van der Waals surface area contributed by atoms with Gasteiger partial charge in [0.2, 0.25) is 0 Å². The summed E-state index contributed by atoms with van der Waals surface area (Å²) in [4.78, 5) is 4.78. The van der Waals surface area contributed by atoms with E-state index in [2.05, 4.69) is 459 Å². The van der Waals surface area contributed by atoms with Crippen LogP contribution in [0.4, 0.5) is 34.1 Å². The number of hydrogen-bond acceptors (Lipinski definition) is 4. The molecule has 0 radical (unpaired) electrons. The number of fused-ring (bicyclic) bond motifs is 18. The fourth-order valence-electron chi connectivity index (χ4n) is 20.5. The van der Waals surface area contributed by atoms with Gasteiger partial charge < -0.3 is 27.8 Å². The molecule has 0 amide bonds. The van der Waals surface area contributed by atoms with Crippen LogP contribution < -0.4 is 9.80 Å². The summed E-state index contributed by atoms with van der Waals surface area (Å²) in [6, 6.07) is 159. The smallest absolute Gasteiger partial charge is 0.143 e. The van der Waals surface area contributed by atoms with Crippen molar-refractivity contribution in [2.24, 2.45) is 0 Å². The van der Waals surface area contributed by atoms with Crippen LogP contribution in [0.5, 0.6) is 0 Å². The van der Waals surface area contributed by atoms with E-state index in [9.17, 15) is 0 Å². The number of anilines is 6. The highest BCUT2D eigenvalue weighted by atomic mass is 16.3. The summed E-state index contributed by atoms with van der Waals surface area (Å²) < 4.78 is 17.4. The summed E-state index contributed by atoms with van der Waals surface area (Å²) in [5.74, 6) is 0. The standard InChI is InChI=1S/C63H44N2O.C57H40N2O/c1-63(2)57-20-9-6-15-51(57)52-37-36-49(40-58(52)63)64(48-34-29-44(30-35-48)50-18-12-19-55-54-17-8-11-22-61(54)66-62(50)55)47-32-27-42(28-33-47)41-23-25-43(26-24-41)45-31-38-60-56(39-45)53-16-7-10-21-59(53)65(60)46-13-4-3-5-14-46;1-57(2)51-17-9-6-14-45(51)46-31-29-44(36-52(46)57)58(43-30-33-56-50(35-43)48-16-8-11-19-55(48)60-56)42-27-24-38(25-28-42)37-20-22-39(23-21-37)40-26-32-54-49(34-40)47-15-7-10-18-53(47)59(54)41-12-4-3-5-13-41/h3-40H,1-2H3;3-36H,1-2H3. The van der Waals surface area contributed by atoms with Crippen molar-refractivity contribution in [2.45, 2.75) is 38.5 Å². The third-order valence-electron chi connectivity index (χ3n) is 26.8. The van der Waals surface area contributed by atoms with Crippen LogP contribution in [0.25, 0.3) is 177 Å². The molecule has 0 bridgehead atoms. The summed E-state index contributed by atoms with van der Waals surface area (Å²) in [5.41, 5.74) is 39.6. The van der Waals surface area contributed by atoms with Crippen LogP contribution in [0.2, 0.25) is 0 Å². The van der Waals surface area contributed by atoms with Crippen molar-refractivity contribution in [3.8, 4) is 89.3 Å². The first-order chi connectivity index (χ1) is 62.0. The Hall–Kier alpha value is -16.0. The van der Waals surface area contributed by atoms with Crippen molar-refractivity contribution in [3.05, 3.63) is 459 Å². The van der Waals surface area contributed by atoms with Gasteiger partial charge in [-0.15, -0.1) is 0 Å². The van der Waals surface area contributed by atoms with Crippen LogP contribution >= 0.6 is 0 Å². The molecule has 596 valence electrons. The Labute approximate surface area is 731 Å². The fraction of sp³-hybridized carbons (Fsp3) is 0.0500. The molecule has 2 aliphatic rings. The Morgan fingerprint density at radius 2 is 0.508 bits per heavy atom. The normalized spacial score (nSPS) is 12.9. The lowest BCUT2D eigenvalue weighted by atomic mass is 9.82. The first-order valence-electron chi connectivity index (χ1n) is 43.6. The van der Waals surface area contributed by atoms with Gasteiger partial charge in [0.1, 0.15) is 22.3 Å². The van der Waals surface area contributed by atoms with Gasteiger partial charge in [0, 0.05) is 105 Å². The minimum absolute atomic E-state index is 0.110. The van der Waals surface area contributed by atoms with E-state index in [1.165, 1.54) is 144 Å². The van der Waals surface area contributed by atoms with E-state index >= 15 is 0 Å². The molecule has 0 spiro atoms. The number of rotatable bonds is 13. The minimum Gasteiger partial charge on any atom is -0.456 e. The van der Waals surface area contributed by atoms with Gasteiger partial charge in [-0.2, -0.15) is 0 Å². The van der Waals surface area contributed by atoms with Gasteiger partial charge in [-0.25, -0.2) is 0 Å². The molecule has 0 aliphatic heterocycles. The van der Waals surface area contributed by atoms with E-state index < -0.39 is 0 Å². The van der Waals surface area contributed by atoms with Crippen molar-refractivity contribution in [1.82, 2.24) is 9.13 Å². The molecule has 6 heteroatoms. The second-order valence-electron chi connectivity index (χ2n) is 34.7. The van der Waals surface area contributed by atoms with Gasteiger partial charge in [0.25, 0.3) is 0 Å². The Kier molecular flexibility index (Phi) is 17.2. The molecule has 19 aromatic carbocycles. The molecular weight excluding hydrogens is 1530 g/mol. The zero-order valence-corrected chi connectivity index (χ0v) is 70.2. The molecule has 23 aromatic rings. The van der Waals surface area contributed by atoms with Crippen molar-refractivity contribution in [1.29, 1.82) is 0 Å². The van der Waals surface area contributed by atoms with Crippen molar-refractivity contribution in [2.75, 3.05) is 9.80 Å². The second-order valence-corrected chi connectivity index (χ2v) is 34.7. The molecule has 6 nitrogen and oxygen atoms in total. The zero-order chi connectivity index (χ0) is 83.9. The van der Waals surface area contributed by atoms with E-state index in [4.69, 9.17) is 8.83 Å². The lowest BCUT2D eigenvalue weighted by molar-refractivity contribution is 0.660. The van der Waals surface area contributed by atoms with Gasteiger partial charge in [0.05, 0.1) is 22.1 Å². The molecule has 0 saturated carbocycles. The first-order valence-corrected chi connectivity index (χ1v) is 43.6. The molecule has 126 heavy (non-hydrogen) atoms. The van der Waals surface area contributed by atoms with Crippen LogP contribution in [-0.2, 0) is 10.8 Å². The third-order valence-corrected chi connectivity index (χ3v) is 26.8. The number of nitrogens with zero attached hydrogens (tertiary/aromatic N) is 4. The van der Waals surface area contributed by atoms with Crippen LogP contribution in [0.1, 0.15) is 49.9 Å². The van der Waals surface area contributed by atoms with Crippen LogP contribution in [0.15, 0.2) is 446 Å². The predicted molar refractivity (Wildman–Crippen MR) is 528 cm³/mol. The maximum atomic E-state index is 6.45. The largest absolute Gasteiger partial charge is 0.456 e. The van der Waals surface area contributed by atoms with Gasteiger partial charge in [-0.3, -0.25) is 0 Å². The molecule has 0 unspecified atom stereocenters. The second kappa shape index (κ2) is 29.4. The Balaban J connectivity index is 0.000000142. The summed E-state index contributed by atoms with van der Waals surface area (Å²) in [5, 5.41) is 9.54. The number of benzene rings is 19. The van der Waals surface area contributed by atoms with Crippen molar-refractivity contribution >= 4 is 122 Å². The Morgan fingerprint density at radius 3 is 0.992 bits per heavy atom. The zero-order valence-electron chi connectivity index (χ0n) is 70.2. The maximum Gasteiger partial charge on any atom is 0.143 e. The molecule has 0 atom stereocenters. The highest BCUT2D eigenvalue weighted by molar-refractivity contribution is 6.13. The summed E-state index contributed by atoms with van der Waals surface area (Å²) >= 11 is 0. The average molecular weight is 1610 g/mol. The van der Waals surface area contributed by atoms with Crippen molar-refractivity contribution < 1.29 is 8.83 Å². The third kappa shape index (κ3) is 12.1. The Bertz CT molecular complexity index is 8230. The number of para-hydroxylation sites is 7. The summed E-state index contributed by atoms with van der Waals surface area (Å²) in [6.45, 7) is 9.39. The first kappa shape index (κ1) is 73.9. The molecule has 0 saturated heterocycles. The molecule has 25 rings (SSSR count). The number of aromatic nitrogens is 2. The van der Waals surface area contributed by atoms with Crippen molar-refractivity contribution in [3.63, 3.8) is 0 Å². The highest BCUT2D eigenvalue weighted by Gasteiger charge is 2.38. The molecular formula is C120H84N4O2. The van der Waals surface area contributed by atoms with Crippen LogP contribution in [0.3, 0.4) is 0 Å². The lowest BCUT2D eigenvalue weighted by Crippen LogP contribution is -2.16. The number of hydrogen-bond donors (Lipinski definition) is 0. The van der Waals surface area contributed by atoms with Crippen LogP contribution in [0, 0.1) is 0 Å². The molecule has 2 aliphatic carbocycles. The minimum atomic E-state index is -0.119. The SMILES string of the molecule is CC1(C)c2ccccc2-c2ccc(N(c3ccc(-c4ccc(-c5ccc6c(c5)c5ccccc5n6-c5ccccc5)cc4)cc3)c3ccc(-c4cccc5c4oc4ccccc45)cc3)cc21.CC1(C)c2ccccc2-c2ccc(N(c3ccc(-c4ccc(-c5ccc6c(c5)c5ccccc5n6-c5ccccc5)cc4)cc3)c3ccc4oc5ccccc5c4c3)cc21. The summed E-state index contributed by atoms with van der Waals surface area (Å²) in [7, 11) is 0. The quantitative estimate of drug-likeness (QED) is 0.115. The highest BCUT2D eigenvalue weighted by Crippen LogP contribution is 2.54. The predicted octanol–water partition coefficient (Wildman–Crippen LogP) is 33.3. The maximum absolute atomic E-state index is 6.45. The van der Waals surface area contributed by atoms with Gasteiger partial charge in [-0.05, 0) is 246 Å². The molecule has 4 aromatic heterocycles. The molecule has 0 N–H and O–H groups in total. The molecule has 4 heterocycles. The summed E-state index contributed by atoms with van der Waals surface area (Å²) in [6.07, 6.45) is 0. The van der Waals surface area contributed by atoms with Gasteiger partial charge in [-0.1, -0.05) is 313 Å². The Morgan fingerprint density at radius 1 is 0.190 bits per heavy atom. The molecule has 0 fully saturated rings. The monoisotopic (exact) mass is 1610 g/mol. The average Bonchev–Trinajstić information content (AvgIpc) is 1.59. The number of furan rings is 2. The lowest BCUT2D eigenvalue weighted by Gasteiger charge is -2.28. The topological polar surface area (TPSA) is 42.6 Å². The van der Waals surface area contributed by atoms with Gasteiger partial charge in [0.15, 0.2) is 0 Å².